The first-order chi connectivity index (χ1) is 11.4. The van der Waals surface area contributed by atoms with Crippen LogP contribution in [0.3, 0.4) is 0 Å². The number of sulfonamides is 1. The van der Waals surface area contributed by atoms with Gasteiger partial charge in [0.05, 0.1) is 11.4 Å². The van der Waals surface area contributed by atoms with E-state index in [2.05, 4.69) is 9.82 Å². The van der Waals surface area contributed by atoms with Crippen LogP contribution in [0.25, 0.3) is 0 Å². The summed E-state index contributed by atoms with van der Waals surface area (Å²) in [5, 5.41) is 4.89. The van der Waals surface area contributed by atoms with E-state index in [9.17, 15) is 8.42 Å². The van der Waals surface area contributed by atoms with Crippen LogP contribution in [-0.2, 0) is 16.6 Å². The maximum Gasteiger partial charge on any atom is 0.263 e. The van der Waals surface area contributed by atoms with Gasteiger partial charge in [-0.05, 0) is 30.7 Å². The lowest BCUT2D eigenvalue weighted by Crippen LogP contribution is -2.13. The molecule has 0 fully saturated rings. The summed E-state index contributed by atoms with van der Waals surface area (Å²) in [6, 6.07) is 15.7. The fourth-order valence-electron chi connectivity index (χ4n) is 2.22. The quantitative estimate of drug-likeness (QED) is 0.753. The second kappa shape index (κ2) is 6.67. The van der Waals surface area contributed by atoms with Crippen molar-refractivity contribution in [2.45, 2.75) is 18.4 Å². The number of hydrogen-bond donors (Lipinski definition) is 1. The maximum atomic E-state index is 12.4. The van der Waals surface area contributed by atoms with Gasteiger partial charge in [0.25, 0.3) is 10.0 Å². The van der Waals surface area contributed by atoms with Crippen LogP contribution in [0, 0.1) is 6.92 Å². The molecule has 1 aromatic heterocycles. The zero-order chi connectivity index (χ0) is 17.2. The predicted octanol–water partition coefficient (Wildman–Crippen LogP) is 3.69. The smallest absolute Gasteiger partial charge is 0.263 e. The molecular formula is C17H16ClN3O2S. The summed E-state index contributed by atoms with van der Waals surface area (Å²) in [4.78, 5) is 0.203. The zero-order valence-electron chi connectivity index (χ0n) is 13.0. The van der Waals surface area contributed by atoms with Crippen molar-refractivity contribution in [1.82, 2.24) is 9.78 Å². The molecule has 124 valence electrons. The van der Waals surface area contributed by atoms with Crippen molar-refractivity contribution in [1.29, 1.82) is 0 Å². The molecule has 5 nitrogen and oxygen atoms in total. The fourth-order valence-corrected chi connectivity index (χ4v) is 3.41. The number of rotatable bonds is 5. The molecule has 0 unspecified atom stereocenters. The largest absolute Gasteiger partial charge is 0.266 e. The van der Waals surface area contributed by atoms with E-state index in [1.165, 1.54) is 0 Å². The highest BCUT2D eigenvalue weighted by Crippen LogP contribution is 2.18. The summed E-state index contributed by atoms with van der Waals surface area (Å²) >= 11 is 6.13. The molecule has 3 aromatic rings. The van der Waals surface area contributed by atoms with Gasteiger partial charge in [-0.2, -0.15) is 5.10 Å². The minimum absolute atomic E-state index is 0.203. The third-order valence-electron chi connectivity index (χ3n) is 3.50. The van der Waals surface area contributed by atoms with Gasteiger partial charge in [0.15, 0.2) is 5.82 Å². The van der Waals surface area contributed by atoms with Gasteiger partial charge in [-0.15, -0.1) is 0 Å². The summed E-state index contributed by atoms with van der Waals surface area (Å²) < 4.78 is 28.8. The van der Waals surface area contributed by atoms with Crippen molar-refractivity contribution in [3.05, 3.63) is 76.9 Å². The Morgan fingerprint density at radius 1 is 1.08 bits per heavy atom. The Labute approximate surface area is 145 Å². The minimum Gasteiger partial charge on any atom is -0.266 e. The van der Waals surface area contributed by atoms with E-state index >= 15 is 0 Å². The topological polar surface area (TPSA) is 64.0 Å². The highest BCUT2D eigenvalue weighted by atomic mass is 35.5. The van der Waals surface area contributed by atoms with E-state index < -0.39 is 10.0 Å². The van der Waals surface area contributed by atoms with Crippen LogP contribution in [0.15, 0.2) is 65.7 Å². The molecule has 7 heteroatoms. The summed E-state index contributed by atoms with van der Waals surface area (Å²) in [6.45, 7) is 2.37. The van der Waals surface area contributed by atoms with E-state index in [4.69, 9.17) is 11.6 Å². The highest BCUT2D eigenvalue weighted by Gasteiger charge is 2.15. The standard InChI is InChI=1S/C17H16ClN3O2S/c1-13-6-8-15(9-7-13)24(22,23)20-17-10-11-21(19-17)12-14-4-2-3-5-16(14)18/h2-11H,12H2,1H3,(H,19,20). The van der Waals surface area contributed by atoms with Crippen molar-refractivity contribution >= 4 is 27.4 Å². The molecule has 0 bridgehead atoms. The average Bonchev–Trinajstić information content (AvgIpc) is 2.96. The molecule has 0 saturated carbocycles. The first kappa shape index (κ1) is 16.5. The van der Waals surface area contributed by atoms with E-state index in [1.54, 1.807) is 47.3 Å². The number of aryl methyl sites for hydroxylation is 1. The number of aromatic nitrogens is 2. The Morgan fingerprint density at radius 3 is 2.50 bits per heavy atom. The van der Waals surface area contributed by atoms with E-state index in [0.717, 1.165) is 11.1 Å². The molecule has 2 aromatic carbocycles. The van der Waals surface area contributed by atoms with Gasteiger partial charge in [-0.3, -0.25) is 9.40 Å². The summed E-state index contributed by atoms with van der Waals surface area (Å²) in [6.07, 6.45) is 1.70. The van der Waals surface area contributed by atoms with Crippen LogP contribution in [-0.4, -0.2) is 18.2 Å². The van der Waals surface area contributed by atoms with Crippen LogP contribution in [0.2, 0.25) is 5.02 Å². The van der Waals surface area contributed by atoms with Crippen molar-refractivity contribution in [2.24, 2.45) is 0 Å². The summed E-state index contributed by atoms with van der Waals surface area (Å²) in [5.41, 5.74) is 1.91. The van der Waals surface area contributed by atoms with Crippen LogP contribution in [0.4, 0.5) is 5.82 Å². The van der Waals surface area contributed by atoms with Gasteiger partial charge in [-0.1, -0.05) is 47.5 Å². The van der Waals surface area contributed by atoms with Crippen molar-refractivity contribution in [2.75, 3.05) is 4.72 Å². The predicted molar refractivity (Wildman–Crippen MR) is 94.8 cm³/mol. The van der Waals surface area contributed by atoms with E-state index in [-0.39, 0.29) is 10.7 Å². The molecule has 0 aliphatic rings. The minimum atomic E-state index is -3.65. The molecule has 0 amide bonds. The van der Waals surface area contributed by atoms with Gasteiger partial charge >= 0.3 is 0 Å². The lowest BCUT2D eigenvalue weighted by molar-refractivity contribution is 0.600. The lowest BCUT2D eigenvalue weighted by atomic mass is 10.2. The molecule has 1 N–H and O–H groups in total. The second-order valence-electron chi connectivity index (χ2n) is 5.41. The van der Waals surface area contributed by atoms with Crippen molar-refractivity contribution in [3.8, 4) is 0 Å². The zero-order valence-corrected chi connectivity index (χ0v) is 14.6. The number of benzene rings is 2. The van der Waals surface area contributed by atoms with Gasteiger partial charge < -0.3 is 0 Å². The SMILES string of the molecule is Cc1ccc(S(=O)(=O)Nc2ccn(Cc3ccccc3Cl)n2)cc1. The molecule has 0 saturated heterocycles. The molecule has 0 atom stereocenters. The Balaban J connectivity index is 1.76. The first-order valence-corrected chi connectivity index (χ1v) is 9.16. The first-order valence-electron chi connectivity index (χ1n) is 7.30. The molecule has 0 aliphatic heterocycles. The number of anilines is 1. The maximum absolute atomic E-state index is 12.4. The van der Waals surface area contributed by atoms with Crippen LogP contribution in [0.5, 0.6) is 0 Å². The van der Waals surface area contributed by atoms with Gasteiger partial charge in [0, 0.05) is 17.3 Å². The molecule has 0 aliphatic carbocycles. The fraction of sp³-hybridized carbons (Fsp3) is 0.118. The van der Waals surface area contributed by atoms with Gasteiger partial charge in [0.1, 0.15) is 0 Å². The third kappa shape index (κ3) is 3.77. The Hall–Kier alpha value is -2.31. The Kier molecular flexibility index (Phi) is 4.59. The number of halogens is 1. The molecule has 3 rings (SSSR count). The van der Waals surface area contributed by atoms with Gasteiger partial charge in [0.2, 0.25) is 0 Å². The monoisotopic (exact) mass is 361 g/mol. The van der Waals surface area contributed by atoms with Crippen molar-refractivity contribution in [3.63, 3.8) is 0 Å². The normalized spacial score (nSPS) is 11.4. The van der Waals surface area contributed by atoms with Crippen molar-refractivity contribution < 1.29 is 8.42 Å². The number of hydrogen-bond acceptors (Lipinski definition) is 3. The molecular weight excluding hydrogens is 346 g/mol. The number of nitrogens with zero attached hydrogens (tertiary/aromatic N) is 2. The lowest BCUT2D eigenvalue weighted by Gasteiger charge is -2.06. The Bertz CT molecular complexity index is 950. The Morgan fingerprint density at radius 2 is 1.79 bits per heavy atom. The van der Waals surface area contributed by atoms with E-state index in [0.29, 0.717) is 11.6 Å². The summed E-state index contributed by atoms with van der Waals surface area (Å²) in [7, 11) is -3.65. The van der Waals surface area contributed by atoms with E-state index in [1.807, 2.05) is 25.1 Å². The second-order valence-corrected chi connectivity index (χ2v) is 7.50. The highest BCUT2D eigenvalue weighted by molar-refractivity contribution is 7.92. The molecule has 0 spiro atoms. The third-order valence-corrected chi connectivity index (χ3v) is 5.24. The summed E-state index contributed by atoms with van der Waals surface area (Å²) in [5.74, 6) is 0.266. The molecule has 0 radical (unpaired) electrons. The molecule has 24 heavy (non-hydrogen) atoms. The van der Waals surface area contributed by atoms with Crippen LogP contribution < -0.4 is 4.72 Å². The average molecular weight is 362 g/mol. The number of nitrogens with one attached hydrogen (secondary N) is 1. The molecule has 1 heterocycles. The van der Waals surface area contributed by atoms with Gasteiger partial charge in [-0.25, -0.2) is 8.42 Å². The van der Waals surface area contributed by atoms with Crippen LogP contribution in [0.1, 0.15) is 11.1 Å². The van der Waals surface area contributed by atoms with Crippen LogP contribution >= 0.6 is 11.6 Å².